The average molecular weight is 281 g/mol. The maximum absolute atomic E-state index is 5.74. The largest absolute Gasteiger partial charge is 0.458 e. The average Bonchev–Trinajstić information content (AvgIpc) is 2.45. The van der Waals surface area contributed by atoms with Gasteiger partial charge in [-0.15, -0.1) is 0 Å². The monoisotopic (exact) mass is 281 g/mol. The number of nitrogens with two attached hydrogens (primary N) is 1. The van der Waals surface area contributed by atoms with E-state index in [1.165, 1.54) is 6.42 Å². The summed E-state index contributed by atoms with van der Waals surface area (Å²) >= 11 is 0. The smallest absolute Gasteiger partial charge is 0.323 e. The van der Waals surface area contributed by atoms with Crippen molar-refractivity contribution in [3.05, 3.63) is 0 Å². The first kappa shape index (κ1) is 14.8. The van der Waals surface area contributed by atoms with E-state index < -0.39 is 0 Å². The Morgan fingerprint density at radius 1 is 1.20 bits per heavy atom. The van der Waals surface area contributed by atoms with Crippen molar-refractivity contribution in [2.45, 2.75) is 39.2 Å². The molecule has 1 unspecified atom stereocenters. The van der Waals surface area contributed by atoms with Crippen molar-refractivity contribution in [3.8, 4) is 6.01 Å². The number of aromatic nitrogens is 3. The van der Waals surface area contributed by atoms with Crippen LogP contribution in [0.4, 0.5) is 11.9 Å². The van der Waals surface area contributed by atoms with Crippen LogP contribution >= 0.6 is 0 Å². The molecule has 0 spiro atoms. The molecule has 7 nitrogen and oxygen atoms in total. The van der Waals surface area contributed by atoms with Gasteiger partial charge in [0.15, 0.2) is 0 Å². The molecule has 0 amide bonds. The predicted molar refractivity (Wildman–Crippen MR) is 76.9 cm³/mol. The lowest BCUT2D eigenvalue weighted by molar-refractivity contribution is 0.0607. The van der Waals surface area contributed by atoms with Crippen LogP contribution in [0.25, 0.3) is 0 Å². The number of ether oxygens (including phenoxy) is 2. The van der Waals surface area contributed by atoms with Gasteiger partial charge in [-0.25, -0.2) is 0 Å². The molecule has 1 aliphatic rings. The van der Waals surface area contributed by atoms with Crippen LogP contribution in [0.3, 0.4) is 0 Å². The highest BCUT2D eigenvalue weighted by Crippen LogP contribution is 2.18. The molecule has 2 N–H and O–H groups in total. The predicted octanol–water partition coefficient (Wildman–Crippen LogP) is 1.25. The molecule has 0 radical (unpaired) electrons. The van der Waals surface area contributed by atoms with Gasteiger partial charge in [-0.2, -0.15) is 15.0 Å². The molecule has 20 heavy (non-hydrogen) atoms. The highest BCUT2D eigenvalue weighted by Gasteiger charge is 2.17. The van der Waals surface area contributed by atoms with Crippen LogP contribution in [-0.4, -0.2) is 47.4 Å². The standard InChI is InChI=1S/C13H23N5O2/c1-3-19-9-10(2)20-13-16-11(14)15-12(17-13)18-7-5-4-6-8-18/h10H,3-9H2,1-2H3,(H2,14,15,16,17). The zero-order valence-electron chi connectivity index (χ0n) is 12.2. The lowest BCUT2D eigenvalue weighted by atomic mass is 10.1. The van der Waals surface area contributed by atoms with Gasteiger partial charge in [-0.05, 0) is 33.1 Å². The first-order chi connectivity index (χ1) is 9.69. The minimum absolute atomic E-state index is 0.119. The molecule has 2 heterocycles. The topological polar surface area (TPSA) is 86.4 Å². The second-order valence-corrected chi connectivity index (χ2v) is 4.91. The van der Waals surface area contributed by atoms with Crippen molar-refractivity contribution in [2.75, 3.05) is 36.9 Å². The molecule has 0 aromatic carbocycles. The third kappa shape index (κ3) is 4.19. The van der Waals surface area contributed by atoms with Gasteiger partial charge in [0.25, 0.3) is 0 Å². The molecule has 1 aromatic heterocycles. The minimum atomic E-state index is -0.119. The summed E-state index contributed by atoms with van der Waals surface area (Å²) in [6, 6.07) is 0.269. The minimum Gasteiger partial charge on any atom is -0.458 e. The van der Waals surface area contributed by atoms with Crippen LogP contribution in [0.5, 0.6) is 6.01 Å². The third-order valence-electron chi connectivity index (χ3n) is 3.12. The zero-order valence-corrected chi connectivity index (χ0v) is 12.2. The van der Waals surface area contributed by atoms with Crippen molar-refractivity contribution in [2.24, 2.45) is 0 Å². The van der Waals surface area contributed by atoms with Crippen molar-refractivity contribution in [3.63, 3.8) is 0 Å². The number of hydrogen-bond acceptors (Lipinski definition) is 7. The molecule has 1 fully saturated rings. The molecule has 112 valence electrons. The first-order valence-electron chi connectivity index (χ1n) is 7.20. The van der Waals surface area contributed by atoms with E-state index in [1.807, 2.05) is 13.8 Å². The summed E-state index contributed by atoms with van der Waals surface area (Å²) < 4.78 is 10.9. The number of rotatable bonds is 6. The van der Waals surface area contributed by atoms with E-state index >= 15 is 0 Å². The van der Waals surface area contributed by atoms with Crippen molar-refractivity contribution in [1.29, 1.82) is 0 Å². The van der Waals surface area contributed by atoms with Gasteiger partial charge in [-0.1, -0.05) is 0 Å². The summed E-state index contributed by atoms with van der Waals surface area (Å²) in [7, 11) is 0. The van der Waals surface area contributed by atoms with Crippen molar-refractivity contribution >= 4 is 11.9 Å². The van der Waals surface area contributed by atoms with Crippen LogP contribution in [-0.2, 0) is 4.74 Å². The molecule has 0 bridgehead atoms. The van der Waals surface area contributed by atoms with Crippen LogP contribution < -0.4 is 15.4 Å². The van der Waals surface area contributed by atoms with E-state index in [0.29, 0.717) is 19.2 Å². The lowest BCUT2D eigenvalue weighted by Gasteiger charge is -2.26. The number of nitrogen functional groups attached to an aromatic ring is 1. The summed E-state index contributed by atoms with van der Waals surface area (Å²) in [6.45, 7) is 6.93. The van der Waals surface area contributed by atoms with E-state index in [-0.39, 0.29) is 18.1 Å². The molecule has 7 heteroatoms. The fraction of sp³-hybridized carbons (Fsp3) is 0.769. The quantitative estimate of drug-likeness (QED) is 0.839. The van der Waals surface area contributed by atoms with Gasteiger partial charge in [0.1, 0.15) is 6.10 Å². The number of nitrogens with zero attached hydrogens (tertiary/aromatic N) is 4. The van der Waals surface area contributed by atoms with Crippen LogP contribution in [0.2, 0.25) is 0 Å². The number of anilines is 2. The third-order valence-corrected chi connectivity index (χ3v) is 3.12. The summed E-state index contributed by atoms with van der Waals surface area (Å²) in [4.78, 5) is 14.7. The fourth-order valence-electron chi connectivity index (χ4n) is 2.15. The highest BCUT2D eigenvalue weighted by atomic mass is 16.5. The second-order valence-electron chi connectivity index (χ2n) is 4.91. The Morgan fingerprint density at radius 3 is 2.65 bits per heavy atom. The van der Waals surface area contributed by atoms with E-state index in [4.69, 9.17) is 15.2 Å². The molecule has 1 saturated heterocycles. The van der Waals surface area contributed by atoms with Gasteiger partial charge < -0.3 is 20.1 Å². The Bertz CT molecular complexity index is 423. The summed E-state index contributed by atoms with van der Waals surface area (Å²) in [5.41, 5.74) is 5.74. The molecule has 0 saturated carbocycles. The fourth-order valence-corrected chi connectivity index (χ4v) is 2.15. The van der Waals surface area contributed by atoms with Gasteiger partial charge in [0.05, 0.1) is 6.61 Å². The van der Waals surface area contributed by atoms with Gasteiger partial charge in [0.2, 0.25) is 11.9 Å². The van der Waals surface area contributed by atoms with Gasteiger partial charge in [0, 0.05) is 19.7 Å². The van der Waals surface area contributed by atoms with Crippen LogP contribution in [0, 0.1) is 0 Å². The number of piperidine rings is 1. The normalized spacial score (nSPS) is 17.0. The van der Waals surface area contributed by atoms with E-state index in [9.17, 15) is 0 Å². The van der Waals surface area contributed by atoms with Crippen LogP contribution in [0.15, 0.2) is 0 Å². The van der Waals surface area contributed by atoms with E-state index in [0.717, 1.165) is 25.9 Å². The summed E-state index contributed by atoms with van der Waals surface area (Å²) in [5.74, 6) is 0.801. The molecular formula is C13H23N5O2. The Balaban J connectivity index is 2.03. The second kappa shape index (κ2) is 7.23. The lowest BCUT2D eigenvalue weighted by Crippen LogP contribution is -2.31. The van der Waals surface area contributed by atoms with E-state index in [2.05, 4.69) is 19.9 Å². The Labute approximate surface area is 119 Å². The van der Waals surface area contributed by atoms with Crippen molar-refractivity contribution in [1.82, 2.24) is 15.0 Å². The maximum Gasteiger partial charge on any atom is 0.323 e. The molecular weight excluding hydrogens is 258 g/mol. The Kier molecular flexibility index (Phi) is 5.34. The maximum atomic E-state index is 5.74. The molecule has 1 aromatic rings. The Morgan fingerprint density at radius 2 is 1.95 bits per heavy atom. The van der Waals surface area contributed by atoms with Gasteiger partial charge in [-0.3, -0.25) is 0 Å². The summed E-state index contributed by atoms with van der Waals surface area (Å²) in [6.07, 6.45) is 3.45. The zero-order chi connectivity index (χ0) is 14.4. The summed E-state index contributed by atoms with van der Waals surface area (Å²) in [5, 5.41) is 0. The van der Waals surface area contributed by atoms with Crippen molar-refractivity contribution < 1.29 is 9.47 Å². The molecule has 1 atom stereocenters. The first-order valence-corrected chi connectivity index (χ1v) is 7.20. The molecule has 1 aliphatic heterocycles. The SMILES string of the molecule is CCOCC(C)Oc1nc(N)nc(N2CCCCC2)n1. The van der Waals surface area contributed by atoms with E-state index in [1.54, 1.807) is 0 Å². The molecule has 2 rings (SSSR count). The highest BCUT2D eigenvalue weighted by molar-refractivity contribution is 5.36. The molecule has 0 aliphatic carbocycles. The number of hydrogen-bond donors (Lipinski definition) is 1. The Hall–Kier alpha value is -1.63. The van der Waals surface area contributed by atoms with Crippen LogP contribution in [0.1, 0.15) is 33.1 Å². The van der Waals surface area contributed by atoms with Gasteiger partial charge >= 0.3 is 6.01 Å².